The molecular weight excluding hydrogens is 276 g/mol. The summed E-state index contributed by atoms with van der Waals surface area (Å²) in [7, 11) is 3.73. The first-order valence-electron chi connectivity index (χ1n) is 7.35. The average molecular weight is 298 g/mol. The van der Waals surface area contributed by atoms with E-state index < -0.39 is 0 Å². The van der Waals surface area contributed by atoms with Crippen molar-refractivity contribution in [1.29, 1.82) is 0 Å². The van der Waals surface area contributed by atoms with Crippen LogP contribution in [0.5, 0.6) is 5.75 Å². The second-order valence-corrected chi connectivity index (χ2v) is 5.39. The Morgan fingerprint density at radius 2 is 1.73 bits per heavy atom. The fourth-order valence-electron chi connectivity index (χ4n) is 2.05. The molecule has 0 aliphatic heterocycles. The van der Waals surface area contributed by atoms with Crippen molar-refractivity contribution in [1.82, 2.24) is 4.90 Å². The van der Waals surface area contributed by atoms with E-state index >= 15 is 0 Å². The topological polar surface area (TPSA) is 41.6 Å². The van der Waals surface area contributed by atoms with Gasteiger partial charge in [-0.2, -0.15) is 0 Å². The van der Waals surface area contributed by atoms with Crippen molar-refractivity contribution in [3.05, 3.63) is 60.2 Å². The largest absolute Gasteiger partial charge is 0.493 e. The Morgan fingerprint density at radius 3 is 2.36 bits per heavy atom. The molecule has 0 fully saturated rings. The van der Waals surface area contributed by atoms with Crippen molar-refractivity contribution in [2.45, 2.75) is 6.42 Å². The van der Waals surface area contributed by atoms with Crippen LogP contribution in [0.4, 0.5) is 5.69 Å². The van der Waals surface area contributed by atoms with Crippen LogP contribution in [0.15, 0.2) is 54.6 Å². The third kappa shape index (κ3) is 5.58. The molecule has 1 amide bonds. The summed E-state index contributed by atoms with van der Waals surface area (Å²) in [5, 5.41) is 2.85. The zero-order chi connectivity index (χ0) is 15.8. The fraction of sp³-hybridized carbons (Fsp3) is 0.278. The minimum absolute atomic E-state index is 0.0252. The summed E-state index contributed by atoms with van der Waals surface area (Å²) in [6.07, 6.45) is 0.877. The zero-order valence-electron chi connectivity index (χ0n) is 13.1. The van der Waals surface area contributed by atoms with Crippen molar-refractivity contribution >= 4 is 11.6 Å². The van der Waals surface area contributed by atoms with Gasteiger partial charge in [0.05, 0.1) is 13.2 Å². The monoisotopic (exact) mass is 298 g/mol. The summed E-state index contributed by atoms with van der Waals surface area (Å²) in [5.41, 5.74) is 2.04. The number of hydrogen-bond donors (Lipinski definition) is 1. The lowest BCUT2D eigenvalue weighted by Gasteiger charge is -2.11. The Labute approximate surface area is 131 Å². The van der Waals surface area contributed by atoms with Gasteiger partial charge < -0.3 is 15.0 Å². The van der Waals surface area contributed by atoms with Gasteiger partial charge in [-0.15, -0.1) is 0 Å². The van der Waals surface area contributed by atoms with Crippen LogP contribution < -0.4 is 10.1 Å². The van der Waals surface area contributed by atoms with Gasteiger partial charge in [-0.3, -0.25) is 4.79 Å². The Kier molecular flexibility index (Phi) is 5.98. The van der Waals surface area contributed by atoms with Gasteiger partial charge in [0.15, 0.2) is 0 Å². The van der Waals surface area contributed by atoms with Gasteiger partial charge in [0.2, 0.25) is 5.91 Å². The second-order valence-electron chi connectivity index (χ2n) is 5.39. The summed E-state index contributed by atoms with van der Waals surface area (Å²) in [6, 6.07) is 17.7. The summed E-state index contributed by atoms with van der Waals surface area (Å²) in [4.78, 5) is 13.5. The van der Waals surface area contributed by atoms with Crippen molar-refractivity contribution in [3.8, 4) is 5.75 Å². The molecule has 4 nitrogen and oxygen atoms in total. The van der Waals surface area contributed by atoms with E-state index in [4.69, 9.17) is 4.74 Å². The number of likely N-dealkylation sites (N-methyl/N-ethyl adjacent to an activating group) is 1. The van der Waals surface area contributed by atoms with Crippen LogP contribution in [0, 0.1) is 0 Å². The molecule has 4 heteroatoms. The normalized spacial score (nSPS) is 10.5. The number of nitrogens with one attached hydrogen (secondary N) is 1. The molecule has 0 bridgehead atoms. The molecule has 0 unspecified atom stereocenters. The van der Waals surface area contributed by atoms with Crippen molar-refractivity contribution in [2.24, 2.45) is 0 Å². The predicted molar refractivity (Wildman–Crippen MR) is 89.3 cm³/mol. The third-order valence-corrected chi connectivity index (χ3v) is 3.10. The molecule has 0 saturated carbocycles. The maximum atomic E-state index is 11.7. The van der Waals surface area contributed by atoms with E-state index in [9.17, 15) is 4.79 Å². The number of ether oxygens (including phenoxy) is 1. The molecule has 0 heterocycles. The molecule has 0 spiro atoms. The zero-order valence-corrected chi connectivity index (χ0v) is 13.1. The van der Waals surface area contributed by atoms with Gasteiger partial charge in [-0.25, -0.2) is 0 Å². The maximum Gasteiger partial charge on any atom is 0.238 e. The molecule has 2 aromatic carbocycles. The summed E-state index contributed by atoms with van der Waals surface area (Å²) < 4.78 is 5.71. The first-order chi connectivity index (χ1) is 10.6. The minimum atomic E-state index is -0.0252. The number of carbonyl (C=O) groups is 1. The molecule has 0 radical (unpaired) electrons. The van der Waals surface area contributed by atoms with Crippen LogP contribution in [0.1, 0.15) is 5.56 Å². The highest BCUT2D eigenvalue weighted by Crippen LogP contribution is 2.16. The average Bonchev–Trinajstić information content (AvgIpc) is 2.49. The number of nitrogens with zero attached hydrogens (tertiary/aromatic N) is 1. The number of rotatable bonds is 7. The highest BCUT2D eigenvalue weighted by molar-refractivity contribution is 5.92. The van der Waals surface area contributed by atoms with Gasteiger partial charge >= 0.3 is 0 Å². The highest BCUT2D eigenvalue weighted by atomic mass is 16.5. The quantitative estimate of drug-likeness (QED) is 0.854. The molecule has 2 rings (SSSR count). The van der Waals surface area contributed by atoms with E-state index in [1.165, 1.54) is 5.56 Å². The van der Waals surface area contributed by atoms with E-state index in [1.807, 2.05) is 61.5 Å². The SMILES string of the molecule is CN(C)CC(=O)Nc1ccc(OCCc2ccccc2)cc1. The Morgan fingerprint density at radius 1 is 1.05 bits per heavy atom. The first kappa shape index (κ1) is 16.0. The Bertz CT molecular complexity index is 580. The maximum absolute atomic E-state index is 11.7. The van der Waals surface area contributed by atoms with Crippen molar-refractivity contribution in [3.63, 3.8) is 0 Å². The van der Waals surface area contributed by atoms with Crippen molar-refractivity contribution in [2.75, 3.05) is 32.6 Å². The van der Waals surface area contributed by atoms with Crippen LogP contribution in [0.25, 0.3) is 0 Å². The van der Waals surface area contributed by atoms with Gasteiger partial charge in [0, 0.05) is 12.1 Å². The molecule has 0 aliphatic rings. The van der Waals surface area contributed by atoms with Crippen LogP contribution >= 0.6 is 0 Å². The van der Waals surface area contributed by atoms with E-state index in [1.54, 1.807) is 0 Å². The van der Waals surface area contributed by atoms with Crippen LogP contribution in [0.3, 0.4) is 0 Å². The lowest BCUT2D eigenvalue weighted by molar-refractivity contribution is -0.116. The molecular formula is C18H22N2O2. The van der Waals surface area contributed by atoms with Crippen LogP contribution in [-0.4, -0.2) is 38.1 Å². The number of amides is 1. The molecule has 2 aromatic rings. The lowest BCUT2D eigenvalue weighted by Crippen LogP contribution is -2.27. The lowest BCUT2D eigenvalue weighted by atomic mass is 10.2. The first-order valence-corrected chi connectivity index (χ1v) is 7.35. The molecule has 116 valence electrons. The number of benzene rings is 2. The van der Waals surface area contributed by atoms with Gasteiger partial charge in [-0.05, 0) is 43.9 Å². The van der Waals surface area contributed by atoms with E-state index in [2.05, 4.69) is 17.4 Å². The predicted octanol–water partition coefficient (Wildman–Crippen LogP) is 2.81. The summed E-state index contributed by atoms with van der Waals surface area (Å²) >= 11 is 0. The third-order valence-electron chi connectivity index (χ3n) is 3.10. The Balaban J connectivity index is 1.78. The van der Waals surface area contributed by atoms with E-state index in [-0.39, 0.29) is 5.91 Å². The summed E-state index contributed by atoms with van der Waals surface area (Å²) in [5.74, 6) is 0.782. The smallest absolute Gasteiger partial charge is 0.238 e. The molecule has 22 heavy (non-hydrogen) atoms. The molecule has 0 aliphatic carbocycles. The van der Waals surface area contributed by atoms with Gasteiger partial charge in [0.1, 0.15) is 5.75 Å². The molecule has 0 atom stereocenters. The molecule has 1 N–H and O–H groups in total. The number of carbonyl (C=O) groups excluding carboxylic acids is 1. The van der Waals surface area contributed by atoms with Gasteiger partial charge in [-0.1, -0.05) is 30.3 Å². The highest BCUT2D eigenvalue weighted by Gasteiger charge is 2.03. The van der Waals surface area contributed by atoms with Gasteiger partial charge in [0.25, 0.3) is 0 Å². The van der Waals surface area contributed by atoms with Crippen LogP contribution in [-0.2, 0) is 11.2 Å². The summed E-state index contributed by atoms with van der Waals surface area (Å²) in [6.45, 7) is 1.01. The Hall–Kier alpha value is -2.33. The van der Waals surface area contributed by atoms with E-state index in [0.717, 1.165) is 17.9 Å². The van der Waals surface area contributed by atoms with E-state index in [0.29, 0.717) is 13.2 Å². The van der Waals surface area contributed by atoms with Crippen molar-refractivity contribution < 1.29 is 9.53 Å². The second kappa shape index (κ2) is 8.20. The number of hydrogen-bond acceptors (Lipinski definition) is 3. The molecule has 0 aromatic heterocycles. The standard InChI is InChI=1S/C18H22N2O2/c1-20(2)14-18(21)19-16-8-10-17(11-9-16)22-13-12-15-6-4-3-5-7-15/h3-11H,12-14H2,1-2H3,(H,19,21). The molecule has 0 saturated heterocycles. The number of anilines is 1. The fourth-order valence-corrected chi connectivity index (χ4v) is 2.05. The van der Waals surface area contributed by atoms with Crippen LogP contribution in [0.2, 0.25) is 0 Å². The minimum Gasteiger partial charge on any atom is -0.493 e.